The van der Waals surface area contributed by atoms with Crippen LogP contribution in [0.1, 0.15) is 5.56 Å². The standard InChI is InChI=1S/C12H15NO3/c1-13-6-5-9-7-10(14-2)12(16-4)11(8-9)15-3/h7-8H,5-6H2,2-4H3. The van der Waals surface area contributed by atoms with E-state index in [1.165, 1.54) is 0 Å². The lowest BCUT2D eigenvalue weighted by molar-refractivity contribution is 0.324. The topological polar surface area (TPSA) is 32.0 Å². The summed E-state index contributed by atoms with van der Waals surface area (Å²) in [6.07, 6.45) is 0.681. The van der Waals surface area contributed by atoms with Gasteiger partial charge in [0.15, 0.2) is 11.5 Å². The van der Waals surface area contributed by atoms with E-state index in [1.807, 2.05) is 12.1 Å². The number of hydrogen-bond acceptors (Lipinski definition) is 3. The molecule has 0 amide bonds. The van der Waals surface area contributed by atoms with Gasteiger partial charge in [0, 0.05) is 6.42 Å². The first-order valence-electron chi connectivity index (χ1n) is 4.89. The molecule has 0 bridgehead atoms. The zero-order chi connectivity index (χ0) is 12.0. The largest absolute Gasteiger partial charge is 0.493 e. The molecule has 0 saturated carbocycles. The Bertz CT molecular complexity index is 371. The highest BCUT2D eigenvalue weighted by atomic mass is 16.5. The van der Waals surface area contributed by atoms with Gasteiger partial charge in [-0.3, -0.25) is 0 Å². The van der Waals surface area contributed by atoms with Gasteiger partial charge >= 0.3 is 0 Å². The highest BCUT2D eigenvalue weighted by Gasteiger charge is 2.13. The molecule has 0 aliphatic heterocycles. The first kappa shape index (κ1) is 12.2. The Hall–Kier alpha value is -1.89. The second-order valence-corrected chi connectivity index (χ2v) is 3.17. The van der Waals surface area contributed by atoms with E-state index < -0.39 is 0 Å². The Morgan fingerprint density at radius 3 is 2.00 bits per heavy atom. The molecule has 0 unspecified atom stereocenters. The van der Waals surface area contributed by atoms with Gasteiger partial charge in [-0.15, -0.1) is 0 Å². The highest BCUT2D eigenvalue weighted by molar-refractivity contribution is 5.53. The van der Waals surface area contributed by atoms with Crippen LogP contribution in [0.5, 0.6) is 17.2 Å². The Balaban J connectivity index is 3.11. The predicted octanol–water partition coefficient (Wildman–Crippen LogP) is 2.17. The molecule has 0 aliphatic carbocycles. The molecule has 0 radical (unpaired) electrons. The fraction of sp³-hybridized carbons (Fsp3) is 0.417. The van der Waals surface area contributed by atoms with Crippen molar-refractivity contribution in [3.8, 4) is 17.2 Å². The van der Waals surface area contributed by atoms with Gasteiger partial charge in [0.1, 0.15) is 0 Å². The first-order chi connectivity index (χ1) is 7.76. The minimum atomic E-state index is 0.457. The van der Waals surface area contributed by atoms with Gasteiger partial charge in [-0.2, -0.15) is 0 Å². The van der Waals surface area contributed by atoms with E-state index in [2.05, 4.69) is 4.85 Å². The average Bonchev–Trinajstić information content (AvgIpc) is 2.34. The van der Waals surface area contributed by atoms with Gasteiger partial charge in [0.2, 0.25) is 12.3 Å². The normalized spacial score (nSPS) is 9.38. The molecule has 0 aromatic heterocycles. The van der Waals surface area contributed by atoms with Gasteiger partial charge in [-0.1, -0.05) is 0 Å². The van der Waals surface area contributed by atoms with Crippen molar-refractivity contribution in [3.05, 3.63) is 29.1 Å². The van der Waals surface area contributed by atoms with E-state index in [0.717, 1.165) is 5.56 Å². The van der Waals surface area contributed by atoms with Crippen molar-refractivity contribution in [1.29, 1.82) is 0 Å². The number of hydrogen-bond donors (Lipinski definition) is 0. The van der Waals surface area contributed by atoms with E-state index in [4.69, 9.17) is 20.8 Å². The van der Waals surface area contributed by atoms with Crippen LogP contribution in [0, 0.1) is 6.57 Å². The third-order valence-corrected chi connectivity index (χ3v) is 2.24. The minimum absolute atomic E-state index is 0.457. The summed E-state index contributed by atoms with van der Waals surface area (Å²) in [5.74, 6) is 1.83. The lowest BCUT2D eigenvalue weighted by atomic mass is 10.1. The van der Waals surface area contributed by atoms with E-state index in [-0.39, 0.29) is 0 Å². The molecule has 0 fully saturated rings. The maximum atomic E-state index is 6.77. The fourth-order valence-electron chi connectivity index (χ4n) is 1.46. The Morgan fingerprint density at radius 2 is 1.62 bits per heavy atom. The van der Waals surface area contributed by atoms with Gasteiger partial charge in [0.25, 0.3) is 0 Å². The van der Waals surface area contributed by atoms with Crippen LogP contribution in [-0.4, -0.2) is 27.9 Å². The molecule has 86 valence electrons. The molecule has 4 heteroatoms. The lowest BCUT2D eigenvalue weighted by Gasteiger charge is -2.13. The molecular weight excluding hydrogens is 206 g/mol. The second kappa shape index (κ2) is 5.86. The second-order valence-electron chi connectivity index (χ2n) is 3.17. The van der Waals surface area contributed by atoms with Crippen molar-refractivity contribution in [1.82, 2.24) is 0 Å². The van der Waals surface area contributed by atoms with E-state index in [9.17, 15) is 0 Å². The summed E-state index contributed by atoms with van der Waals surface area (Å²) in [4.78, 5) is 3.32. The quantitative estimate of drug-likeness (QED) is 0.714. The maximum Gasteiger partial charge on any atom is 0.218 e. The molecule has 0 heterocycles. The minimum Gasteiger partial charge on any atom is -0.493 e. The first-order valence-corrected chi connectivity index (χ1v) is 4.89. The molecule has 4 nitrogen and oxygen atoms in total. The molecule has 1 aromatic carbocycles. The van der Waals surface area contributed by atoms with Crippen LogP contribution in [0.15, 0.2) is 12.1 Å². The summed E-state index contributed by atoms with van der Waals surface area (Å²) in [6.45, 7) is 7.22. The molecule has 0 spiro atoms. The summed E-state index contributed by atoms with van der Waals surface area (Å²) < 4.78 is 15.6. The third kappa shape index (κ3) is 2.57. The van der Waals surface area contributed by atoms with Crippen molar-refractivity contribution in [3.63, 3.8) is 0 Å². The molecule has 1 aromatic rings. The Kier molecular flexibility index (Phi) is 4.46. The van der Waals surface area contributed by atoms with Crippen LogP contribution < -0.4 is 14.2 Å². The van der Waals surface area contributed by atoms with Crippen LogP contribution in [0.2, 0.25) is 0 Å². The number of rotatable bonds is 5. The molecule has 16 heavy (non-hydrogen) atoms. The lowest BCUT2D eigenvalue weighted by Crippen LogP contribution is -1.97. The Morgan fingerprint density at radius 1 is 1.06 bits per heavy atom. The third-order valence-electron chi connectivity index (χ3n) is 2.24. The zero-order valence-corrected chi connectivity index (χ0v) is 9.74. The summed E-state index contributed by atoms with van der Waals surface area (Å²) in [6, 6.07) is 3.74. The van der Waals surface area contributed by atoms with Crippen molar-refractivity contribution >= 4 is 0 Å². The SMILES string of the molecule is [C-]#[N+]CCc1cc(OC)c(OC)c(OC)c1. The van der Waals surface area contributed by atoms with Crippen LogP contribution in [0.4, 0.5) is 0 Å². The number of nitrogens with zero attached hydrogens (tertiary/aromatic N) is 1. The van der Waals surface area contributed by atoms with Crippen LogP contribution in [0.25, 0.3) is 4.85 Å². The number of ether oxygens (including phenoxy) is 3. The fourth-order valence-corrected chi connectivity index (χ4v) is 1.46. The summed E-state index contributed by atoms with van der Waals surface area (Å²) in [5, 5.41) is 0. The summed E-state index contributed by atoms with van der Waals surface area (Å²) in [5.41, 5.74) is 1.01. The number of methoxy groups -OCH3 is 3. The molecule has 0 aliphatic rings. The van der Waals surface area contributed by atoms with Gasteiger partial charge in [-0.05, 0) is 17.7 Å². The zero-order valence-electron chi connectivity index (χ0n) is 9.74. The van der Waals surface area contributed by atoms with Crippen LogP contribution >= 0.6 is 0 Å². The Labute approximate surface area is 95.6 Å². The molecule has 1 rings (SSSR count). The van der Waals surface area contributed by atoms with E-state index in [1.54, 1.807) is 21.3 Å². The van der Waals surface area contributed by atoms with Crippen LogP contribution in [0.3, 0.4) is 0 Å². The van der Waals surface area contributed by atoms with Gasteiger partial charge in [-0.25, -0.2) is 6.57 Å². The number of benzene rings is 1. The van der Waals surface area contributed by atoms with E-state index in [0.29, 0.717) is 30.2 Å². The van der Waals surface area contributed by atoms with Gasteiger partial charge in [0.05, 0.1) is 21.3 Å². The molecule has 0 saturated heterocycles. The maximum absolute atomic E-state index is 6.77. The van der Waals surface area contributed by atoms with Crippen LogP contribution in [-0.2, 0) is 6.42 Å². The molecular formula is C12H15NO3. The molecule has 0 N–H and O–H groups in total. The smallest absolute Gasteiger partial charge is 0.218 e. The highest BCUT2D eigenvalue weighted by Crippen LogP contribution is 2.38. The molecule has 0 atom stereocenters. The summed E-state index contributed by atoms with van der Waals surface area (Å²) in [7, 11) is 4.73. The van der Waals surface area contributed by atoms with Gasteiger partial charge < -0.3 is 19.1 Å². The van der Waals surface area contributed by atoms with Crippen molar-refractivity contribution in [2.75, 3.05) is 27.9 Å². The van der Waals surface area contributed by atoms with Crippen molar-refractivity contribution in [2.45, 2.75) is 6.42 Å². The predicted molar refractivity (Wildman–Crippen MR) is 61.3 cm³/mol. The van der Waals surface area contributed by atoms with Crippen molar-refractivity contribution < 1.29 is 14.2 Å². The summed E-state index contributed by atoms with van der Waals surface area (Å²) >= 11 is 0. The monoisotopic (exact) mass is 221 g/mol. The van der Waals surface area contributed by atoms with Crippen molar-refractivity contribution in [2.24, 2.45) is 0 Å². The average molecular weight is 221 g/mol. The van der Waals surface area contributed by atoms with E-state index >= 15 is 0 Å².